The second kappa shape index (κ2) is 6.59. The van der Waals surface area contributed by atoms with Crippen molar-refractivity contribution in [2.75, 3.05) is 19.6 Å². The van der Waals surface area contributed by atoms with Crippen molar-refractivity contribution < 1.29 is 14.7 Å². The van der Waals surface area contributed by atoms with Crippen LogP contribution < -0.4 is 10.6 Å². The molecule has 1 heterocycles. The Labute approximate surface area is 102 Å². The predicted molar refractivity (Wildman–Crippen MR) is 64.7 cm³/mol. The first-order chi connectivity index (χ1) is 8.04. The number of hydrogen-bond acceptors (Lipinski definition) is 3. The van der Waals surface area contributed by atoms with Crippen LogP contribution in [-0.2, 0) is 9.59 Å². The summed E-state index contributed by atoms with van der Waals surface area (Å²) in [4.78, 5) is 22.3. The van der Waals surface area contributed by atoms with E-state index < -0.39 is 5.97 Å². The first-order valence-corrected chi connectivity index (χ1v) is 6.25. The number of carbonyl (C=O) groups is 2. The lowest BCUT2D eigenvalue weighted by Crippen LogP contribution is -2.46. The number of rotatable bonds is 6. The number of hydrogen-bond donors (Lipinski definition) is 3. The van der Waals surface area contributed by atoms with Crippen LogP contribution >= 0.6 is 0 Å². The van der Waals surface area contributed by atoms with Crippen LogP contribution in [0.25, 0.3) is 0 Å². The summed E-state index contributed by atoms with van der Waals surface area (Å²) in [6.45, 7) is 4.36. The van der Waals surface area contributed by atoms with Gasteiger partial charge in [0.2, 0.25) is 5.91 Å². The van der Waals surface area contributed by atoms with E-state index in [9.17, 15) is 9.59 Å². The van der Waals surface area contributed by atoms with Gasteiger partial charge in [0.25, 0.3) is 0 Å². The van der Waals surface area contributed by atoms with Crippen LogP contribution in [0.2, 0.25) is 0 Å². The van der Waals surface area contributed by atoms with E-state index in [1.165, 1.54) is 0 Å². The van der Waals surface area contributed by atoms with Gasteiger partial charge in [-0.25, -0.2) is 0 Å². The van der Waals surface area contributed by atoms with Gasteiger partial charge in [-0.05, 0) is 38.8 Å². The molecule has 0 spiro atoms. The number of carbonyl (C=O) groups excluding carboxylic acids is 1. The lowest BCUT2D eigenvalue weighted by molar-refractivity contribution is -0.137. The van der Waals surface area contributed by atoms with Gasteiger partial charge in [0, 0.05) is 18.4 Å². The van der Waals surface area contributed by atoms with Crippen LogP contribution in [0.5, 0.6) is 0 Å². The molecule has 0 atom stereocenters. The van der Waals surface area contributed by atoms with Crippen LogP contribution in [0, 0.1) is 5.41 Å². The molecule has 98 valence electrons. The zero-order valence-corrected chi connectivity index (χ0v) is 10.4. The standard InChI is InChI=1S/C12H22N2O3/c1-12(5-8-13-9-6-12)11(17)14-7-3-2-4-10(15)16/h13H,2-9H2,1H3,(H,14,17)(H,15,16). The lowest BCUT2D eigenvalue weighted by atomic mass is 9.80. The van der Waals surface area contributed by atoms with E-state index in [1.807, 2.05) is 6.92 Å². The molecule has 0 bridgehead atoms. The van der Waals surface area contributed by atoms with Crippen molar-refractivity contribution >= 4 is 11.9 Å². The first-order valence-electron chi connectivity index (χ1n) is 6.25. The SMILES string of the molecule is CC1(C(=O)NCCCCC(=O)O)CCNCC1. The highest BCUT2D eigenvalue weighted by Crippen LogP contribution is 2.27. The van der Waals surface area contributed by atoms with E-state index in [2.05, 4.69) is 10.6 Å². The highest BCUT2D eigenvalue weighted by molar-refractivity contribution is 5.82. The molecular formula is C12H22N2O3. The average Bonchev–Trinajstić information content (AvgIpc) is 2.29. The van der Waals surface area contributed by atoms with Crippen molar-refractivity contribution in [3.63, 3.8) is 0 Å². The minimum Gasteiger partial charge on any atom is -0.481 e. The number of aliphatic carboxylic acids is 1. The topological polar surface area (TPSA) is 78.4 Å². The summed E-state index contributed by atoms with van der Waals surface area (Å²) < 4.78 is 0. The highest BCUT2D eigenvalue weighted by Gasteiger charge is 2.33. The van der Waals surface area contributed by atoms with Gasteiger partial charge in [0.05, 0.1) is 0 Å². The zero-order valence-electron chi connectivity index (χ0n) is 10.4. The molecule has 0 aliphatic carbocycles. The van der Waals surface area contributed by atoms with Crippen molar-refractivity contribution in [1.82, 2.24) is 10.6 Å². The Bertz CT molecular complexity index is 273. The summed E-state index contributed by atoms with van der Waals surface area (Å²) in [7, 11) is 0. The van der Waals surface area contributed by atoms with Crippen LogP contribution in [0.1, 0.15) is 39.0 Å². The van der Waals surface area contributed by atoms with E-state index >= 15 is 0 Å². The summed E-state index contributed by atoms with van der Waals surface area (Å²) >= 11 is 0. The van der Waals surface area contributed by atoms with Crippen molar-refractivity contribution in [3.8, 4) is 0 Å². The van der Waals surface area contributed by atoms with Gasteiger partial charge < -0.3 is 15.7 Å². The molecule has 0 aromatic heterocycles. The fourth-order valence-corrected chi connectivity index (χ4v) is 2.02. The molecule has 1 aliphatic heterocycles. The third-order valence-corrected chi connectivity index (χ3v) is 3.36. The van der Waals surface area contributed by atoms with Crippen LogP contribution in [0.15, 0.2) is 0 Å². The Hall–Kier alpha value is -1.10. The third-order valence-electron chi connectivity index (χ3n) is 3.36. The molecule has 1 saturated heterocycles. The van der Waals surface area contributed by atoms with Gasteiger partial charge >= 0.3 is 5.97 Å². The van der Waals surface area contributed by atoms with Crippen LogP contribution in [0.4, 0.5) is 0 Å². The second-order valence-electron chi connectivity index (χ2n) is 4.92. The normalized spacial score (nSPS) is 18.6. The van der Waals surface area contributed by atoms with E-state index in [1.54, 1.807) is 0 Å². The minimum atomic E-state index is -0.776. The molecule has 1 rings (SSSR count). The van der Waals surface area contributed by atoms with Crippen LogP contribution in [-0.4, -0.2) is 36.6 Å². The van der Waals surface area contributed by atoms with E-state index in [4.69, 9.17) is 5.11 Å². The van der Waals surface area contributed by atoms with Crippen molar-refractivity contribution in [1.29, 1.82) is 0 Å². The molecule has 0 radical (unpaired) electrons. The molecular weight excluding hydrogens is 220 g/mol. The smallest absolute Gasteiger partial charge is 0.303 e. The predicted octanol–water partition coefficient (Wildman–Crippen LogP) is 0.747. The summed E-state index contributed by atoms with van der Waals surface area (Å²) in [6, 6.07) is 0. The molecule has 0 unspecified atom stereocenters. The number of carboxylic acid groups (broad SMARTS) is 1. The number of piperidine rings is 1. The third kappa shape index (κ3) is 4.73. The van der Waals surface area contributed by atoms with Gasteiger partial charge in [-0.3, -0.25) is 9.59 Å². The molecule has 5 heteroatoms. The molecule has 0 aromatic rings. The van der Waals surface area contributed by atoms with Gasteiger partial charge in [0.1, 0.15) is 0 Å². The molecule has 3 N–H and O–H groups in total. The number of amides is 1. The monoisotopic (exact) mass is 242 g/mol. The molecule has 1 fully saturated rings. The molecule has 5 nitrogen and oxygen atoms in total. The van der Waals surface area contributed by atoms with E-state index in [-0.39, 0.29) is 17.7 Å². The summed E-state index contributed by atoms with van der Waals surface area (Å²) in [6.07, 6.45) is 3.26. The maximum absolute atomic E-state index is 12.0. The summed E-state index contributed by atoms with van der Waals surface area (Å²) in [5.74, 6) is -0.670. The molecule has 17 heavy (non-hydrogen) atoms. The van der Waals surface area contributed by atoms with Gasteiger partial charge in [-0.1, -0.05) is 6.92 Å². The fraction of sp³-hybridized carbons (Fsp3) is 0.833. The van der Waals surface area contributed by atoms with Crippen molar-refractivity contribution in [3.05, 3.63) is 0 Å². The molecule has 1 amide bonds. The highest BCUT2D eigenvalue weighted by atomic mass is 16.4. The van der Waals surface area contributed by atoms with Crippen molar-refractivity contribution in [2.24, 2.45) is 5.41 Å². The van der Waals surface area contributed by atoms with E-state index in [0.29, 0.717) is 13.0 Å². The Morgan fingerprint density at radius 3 is 2.53 bits per heavy atom. The number of carboxylic acids is 1. The Morgan fingerprint density at radius 1 is 1.29 bits per heavy atom. The Kier molecular flexibility index (Phi) is 5.41. The zero-order chi connectivity index (χ0) is 12.7. The number of unbranched alkanes of at least 4 members (excludes halogenated alkanes) is 1. The fourth-order valence-electron chi connectivity index (χ4n) is 2.02. The quantitative estimate of drug-likeness (QED) is 0.600. The Morgan fingerprint density at radius 2 is 1.94 bits per heavy atom. The first kappa shape index (κ1) is 14.0. The van der Waals surface area contributed by atoms with Crippen molar-refractivity contribution in [2.45, 2.75) is 39.0 Å². The molecule has 0 saturated carbocycles. The molecule has 0 aromatic carbocycles. The summed E-state index contributed by atoms with van der Waals surface area (Å²) in [5, 5.41) is 14.6. The van der Waals surface area contributed by atoms with Crippen LogP contribution in [0.3, 0.4) is 0 Å². The maximum atomic E-state index is 12.0. The largest absolute Gasteiger partial charge is 0.481 e. The maximum Gasteiger partial charge on any atom is 0.303 e. The van der Waals surface area contributed by atoms with Gasteiger partial charge in [-0.2, -0.15) is 0 Å². The van der Waals surface area contributed by atoms with E-state index in [0.717, 1.165) is 32.4 Å². The minimum absolute atomic E-state index is 0.106. The average molecular weight is 242 g/mol. The van der Waals surface area contributed by atoms with Gasteiger partial charge in [0.15, 0.2) is 0 Å². The number of nitrogens with one attached hydrogen (secondary N) is 2. The lowest BCUT2D eigenvalue weighted by Gasteiger charge is -2.32. The van der Waals surface area contributed by atoms with Gasteiger partial charge in [-0.15, -0.1) is 0 Å². The summed E-state index contributed by atoms with van der Waals surface area (Å²) in [5.41, 5.74) is -0.252. The molecule has 1 aliphatic rings. The second-order valence-corrected chi connectivity index (χ2v) is 4.92. The Balaban J connectivity index is 2.17.